The van der Waals surface area contributed by atoms with Gasteiger partial charge < -0.3 is 24.2 Å². The van der Waals surface area contributed by atoms with Crippen molar-refractivity contribution in [2.45, 2.75) is 50.7 Å². The van der Waals surface area contributed by atoms with Crippen LogP contribution in [-0.4, -0.2) is 77.8 Å². The van der Waals surface area contributed by atoms with Gasteiger partial charge in [-0.05, 0) is 68.2 Å². The molecule has 1 saturated heterocycles. The Hall–Kier alpha value is -2.87. The Labute approximate surface area is 228 Å². The second-order valence-corrected chi connectivity index (χ2v) is 11.3. The van der Waals surface area contributed by atoms with Crippen LogP contribution >= 0.6 is 11.6 Å². The second kappa shape index (κ2) is 11.5. The Morgan fingerprint density at radius 1 is 1.08 bits per heavy atom. The van der Waals surface area contributed by atoms with Crippen molar-refractivity contribution in [3.05, 3.63) is 58.6 Å². The van der Waals surface area contributed by atoms with E-state index in [0.717, 1.165) is 41.5 Å². The van der Waals surface area contributed by atoms with Gasteiger partial charge in [0.05, 0.1) is 29.5 Å². The highest BCUT2D eigenvalue weighted by molar-refractivity contribution is 6.30. The fourth-order valence-electron chi connectivity index (χ4n) is 6.10. The highest BCUT2D eigenvalue weighted by Crippen LogP contribution is 2.44. The molecule has 0 radical (unpaired) electrons. The van der Waals surface area contributed by atoms with Gasteiger partial charge in [-0.2, -0.15) is 0 Å². The SMILES string of the molecule is CN(C)CC1CN(C(=O)Cn2c(-c3ccc(Cl)cc3)c(C3CCCCC3)c3ccc(C(=O)O)cc32)CCO1. The van der Waals surface area contributed by atoms with Gasteiger partial charge >= 0.3 is 5.97 Å². The van der Waals surface area contributed by atoms with Crippen molar-refractivity contribution in [2.24, 2.45) is 0 Å². The van der Waals surface area contributed by atoms with Crippen molar-refractivity contribution in [3.8, 4) is 11.3 Å². The number of likely N-dealkylation sites (N-methyl/N-ethyl adjacent to an activating group) is 1. The highest BCUT2D eigenvalue weighted by Gasteiger charge is 2.30. The van der Waals surface area contributed by atoms with Gasteiger partial charge in [-0.25, -0.2) is 4.79 Å². The molecule has 1 N–H and O–H groups in total. The Kier molecular flexibility index (Phi) is 8.07. The van der Waals surface area contributed by atoms with E-state index in [4.69, 9.17) is 16.3 Å². The number of halogens is 1. The molecule has 1 amide bonds. The number of carboxylic acids is 1. The molecule has 1 aliphatic heterocycles. The summed E-state index contributed by atoms with van der Waals surface area (Å²) < 4.78 is 7.95. The summed E-state index contributed by atoms with van der Waals surface area (Å²) in [6.45, 7) is 2.49. The first-order valence-corrected chi connectivity index (χ1v) is 13.9. The van der Waals surface area contributed by atoms with Crippen molar-refractivity contribution in [2.75, 3.05) is 40.3 Å². The van der Waals surface area contributed by atoms with E-state index in [-0.39, 0.29) is 24.1 Å². The zero-order chi connectivity index (χ0) is 26.8. The summed E-state index contributed by atoms with van der Waals surface area (Å²) in [7, 11) is 4.00. The number of fused-ring (bicyclic) bond motifs is 1. The number of aromatic nitrogens is 1. The molecule has 2 heterocycles. The van der Waals surface area contributed by atoms with Crippen molar-refractivity contribution in [1.82, 2.24) is 14.4 Å². The topological polar surface area (TPSA) is 75.0 Å². The Morgan fingerprint density at radius 3 is 2.50 bits per heavy atom. The van der Waals surface area contributed by atoms with Gasteiger partial charge in [0, 0.05) is 30.0 Å². The molecule has 1 aromatic heterocycles. The molecule has 1 saturated carbocycles. The second-order valence-electron chi connectivity index (χ2n) is 10.8. The van der Waals surface area contributed by atoms with Gasteiger partial charge in [-0.3, -0.25) is 4.79 Å². The smallest absolute Gasteiger partial charge is 0.335 e. The molecular weight excluding hydrogens is 502 g/mol. The van der Waals surface area contributed by atoms with Crippen molar-refractivity contribution in [1.29, 1.82) is 0 Å². The first-order chi connectivity index (χ1) is 18.3. The molecule has 2 fully saturated rings. The average Bonchev–Trinajstić information content (AvgIpc) is 3.22. The minimum atomic E-state index is -0.974. The van der Waals surface area contributed by atoms with E-state index >= 15 is 0 Å². The Balaban J connectivity index is 1.63. The molecule has 7 nitrogen and oxygen atoms in total. The van der Waals surface area contributed by atoms with Crippen LogP contribution in [0.1, 0.15) is 53.9 Å². The van der Waals surface area contributed by atoms with E-state index in [0.29, 0.717) is 30.6 Å². The van der Waals surface area contributed by atoms with Crippen LogP contribution in [0.2, 0.25) is 5.02 Å². The largest absolute Gasteiger partial charge is 0.478 e. The summed E-state index contributed by atoms with van der Waals surface area (Å²) in [5, 5.41) is 11.5. The lowest BCUT2D eigenvalue weighted by Crippen LogP contribution is -2.49. The summed E-state index contributed by atoms with van der Waals surface area (Å²) in [5.74, 6) is -0.602. The normalized spacial score (nSPS) is 18.8. The molecule has 202 valence electrons. The van der Waals surface area contributed by atoms with Gasteiger partial charge in [0.25, 0.3) is 0 Å². The molecule has 5 rings (SSSR count). The summed E-state index contributed by atoms with van der Waals surface area (Å²) in [6, 6.07) is 13.1. The molecule has 0 spiro atoms. The lowest BCUT2D eigenvalue weighted by molar-refractivity contribution is -0.139. The lowest BCUT2D eigenvalue weighted by atomic mass is 9.82. The van der Waals surface area contributed by atoms with E-state index in [2.05, 4.69) is 4.90 Å². The Bertz CT molecular complexity index is 1310. The molecule has 2 aromatic carbocycles. The number of rotatable bonds is 7. The number of carbonyl (C=O) groups excluding carboxylic acids is 1. The van der Waals surface area contributed by atoms with Crippen LogP contribution in [0.15, 0.2) is 42.5 Å². The minimum absolute atomic E-state index is 0.0140. The van der Waals surface area contributed by atoms with E-state index in [1.54, 1.807) is 12.1 Å². The standard InChI is InChI=1S/C30H36ClN3O4/c1-32(2)17-24-18-33(14-15-38-24)27(35)19-34-26-16-22(30(36)37)10-13-25(26)28(20-6-4-3-5-7-20)29(34)21-8-11-23(31)12-9-21/h8-13,16,20,24H,3-7,14-15,17-19H2,1-2H3,(H,36,37). The third-order valence-electron chi connectivity index (χ3n) is 7.84. The van der Waals surface area contributed by atoms with Crippen LogP contribution < -0.4 is 0 Å². The molecule has 1 unspecified atom stereocenters. The number of morpholine rings is 1. The van der Waals surface area contributed by atoms with Gasteiger partial charge in [0.2, 0.25) is 5.91 Å². The number of ether oxygens (including phenoxy) is 1. The molecule has 2 aliphatic rings. The monoisotopic (exact) mass is 537 g/mol. The zero-order valence-corrected chi connectivity index (χ0v) is 22.9. The quantitative estimate of drug-likeness (QED) is 0.431. The van der Waals surface area contributed by atoms with Crippen LogP contribution in [-0.2, 0) is 16.1 Å². The van der Waals surface area contributed by atoms with Gasteiger partial charge in [-0.1, -0.05) is 49.1 Å². The van der Waals surface area contributed by atoms with Crippen molar-refractivity contribution in [3.63, 3.8) is 0 Å². The van der Waals surface area contributed by atoms with Crippen molar-refractivity contribution >= 4 is 34.4 Å². The van der Waals surface area contributed by atoms with Crippen LogP contribution in [0.5, 0.6) is 0 Å². The van der Waals surface area contributed by atoms with E-state index in [9.17, 15) is 14.7 Å². The number of hydrogen-bond donors (Lipinski definition) is 1. The number of carbonyl (C=O) groups is 2. The van der Waals surface area contributed by atoms with Crippen LogP contribution in [0.4, 0.5) is 0 Å². The number of nitrogens with zero attached hydrogens (tertiary/aromatic N) is 3. The zero-order valence-electron chi connectivity index (χ0n) is 22.2. The minimum Gasteiger partial charge on any atom is -0.478 e. The number of hydrogen-bond acceptors (Lipinski definition) is 4. The Morgan fingerprint density at radius 2 is 1.82 bits per heavy atom. The van der Waals surface area contributed by atoms with E-state index in [1.165, 1.54) is 24.8 Å². The number of benzene rings is 2. The fraction of sp³-hybridized carbons (Fsp3) is 0.467. The molecule has 3 aromatic rings. The predicted molar refractivity (Wildman–Crippen MR) is 150 cm³/mol. The fourth-order valence-corrected chi connectivity index (χ4v) is 6.22. The summed E-state index contributed by atoms with van der Waals surface area (Å²) >= 11 is 6.25. The summed E-state index contributed by atoms with van der Waals surface area (Å²) in [6.07, 6.45) is 5.72. The maximum absolute atomic E-state index is 13.8. The lowest BCUT2D eigenvalue weighted by Gasteiger charge is -2.34. The first-order valence-electron chi connectivity index (χ1n) is 13.5. The van der Waals surface area contributed by atoms with Gasteiger partial charge in [-0.15, -0.1) is 0 Å². The number of amides is 1. The molecule has 1 atom stereocenters. The van der Waals surface area contributed by atoms with Gasteiger partial charge in [0.1, 0.15) is 6.54 Å². The molecular formula is C30H36ClN3O4. The van der Waals surface area contributed by atoms with Crippen LogP contribution in [0.3, 0.4) is 0 Å². The third-order valence-corrected chi connectivity index (χ3v) is 8.09. The first kappa shape index (κ1) is 26.7. The van der Waals surface area contributed by atoms with Crippen LogP contribution in [0.25, 0.3) is 22.2 Å². The average molecular weight is 538 g/mol. The van der Waals surface area contributed by atoms with E-state index in [1.807, 2.05) is 53.9 Å². The third kappa shape index (κ3) is 5.60. The number of carboxylic acid groups (broad SMARTS) is 1. The molecule has 1 aliphatic carbocycles. The van der Waals surface area contributed by atoms with Crippen LogP contribution in [0, 0.1) is 0 Å². The van der Waals surface area contributed by atoms with E-state index < -0.39 is 5.97 Å². The summed E-state index contributed by atoms with van der Waals surface area (Å²) in [5.41, 5.74) is 4.22. The number of aromatic carboxylic acids is 1. The molecule has 8 heteroatoms. The summed E-state index contributed by atoms with van der Waals surface area (Å²) in [4.78, 5) is 29.7. The van der Waals surface area contributed by atoms with Gasteiger partial charge in [0.15, 0.2) is 0 Å². The maximum Gasteiger partial charge on any atom is 0.335 e. The maximum atomic E-state index is 13.8. The predicted octanol–water partition coefficient (Wildman–Crippen LogP) is 5.50. The van der Waals surface area contributed by atoms with Crippen molar-refractivity contribution < 1.29 is 19.4 Å². The molecule has 0 bridgehead atoms. The highest BCUT2D eigenvalue weighted by atomic mass is 35.5. The molecule has 38 heavy (non-hydrogen) atoms.